The number of fused-ring (bicyclic) bond motifs is 8. The predicted octanol–water partition coefficient (Wildman–Crippen LogP) is 11.8. The van der Waals surface area contributed by atoms with Crippen molar-refractivity contribution in [1.82, 2.24) is 23.6 Å². The number of benzene rings is 4. The summed E-state index contributed by atoms with van der Waals surface area (Å²) in [6.45, 7) is 9.56. The maximum absolute atomic E-state index is 15.0. The molecule has 3 amide bonds. The third-order valence-electron chi connectivity index (χ3n) is 19.6. The number of rotatable bonds is 9. The van der Waals surface area contributed by atoms with Crippen LogP contribution in [0.5, 0.6) is 11.5 Å². The van der Waals surface area contributed by atoms with Gasteiger partial charge in [0.15, 0.2) is 45.7 Å². The number of thiophene rings is 4. The summed E-state index contributed by atoms with van der Waals surface area (Å²) in [4.78, 5) is 94.1. The highest BCUT2D eigenvalue weighted by atomic mass is 32.1. The molecule has 2 aliphatic heterocycles. The zero-order valence-corrected chi connectivity index (χ0v) is 57.3. The number of nitrogens with two attached hydrogens (primary N) is 4. The van der Waals surface area contributed by atoms with Gasteiger partial charge in [-0.25, -0.2) is 30.7 Å². The fraction of sp³-hybridized carbons (Fsp3) is 0.329. The molecule has 0 radical (unpaired) electrons. The second-order valence-corrected chi connectivity index (χ2v) is 30.7. The number of hydrogen-bond acceptors (Lipinski definition) is 17. The first kappa shape index (κ1) is 67.4. The molecule has 2 saturated heterocycles. The number of carbonyl (C=O) groups is 3. The van der Waals surface area contributed by atoms with Crippen LogP contribution in [0.4, 0.5) is 42.1 Å². The van der Waals surface area contributed by atoms with Gasteiger partial charge in [-0.1, -0.05) is 0 Å². The minimum atomic E-state index is -1.67. The molecule has 524 valence electrons. The summed E-state index contributed by atoms with van der Waals surface area (Å²) in [5.41, 5.74) is 24.1. The monoisotopic (exact) mass is 1460 g/mol. The van der Waals surface area contributed by atoms with Crippen LogP contribution in [-0.2, 0) is 0 Å². The number of aromatic nitrogens is 4. The van der Waals surface area contributed by atoms with Gasteiger partial charge in [0.2, 0.25) is 10.9 Å². The number of anilines is 2. The molecule has 4 saturated carbocycles. The summed E-state index contributed by atoms with van der Waals surface area (Å²) < 4.78 is 106. The Morgan fingerprint density at radius 2 is 0.832 bits per heavy atom. The zero-order valence-electron chi connectivity index (χ0n) is 54.1. The van der Waals surface area contributed by atoms with E-state index in [4.69, 9.17) is 22.9 Å². The van der Waals surface area contributed by atoms with Crippen molar-refractivity contribution in [3.63, 3.8) is 0 Å². The molecule has 0 bridgehead atoms. The first-order valence-electron chi connectivity index (χ1n) is 32.6. The minimum absolute atomic E-state index is 0.0290. The normalized spacial score (nSPS) is 17.0. The molecule has 31 heteroatoms. The van der Waals surface area contributed by atoms with E-state index in [1.807, 2.05) is 20.4 Å². The molecule has 0 spiro atoms. The van der Waals surface area contributed by atoms with Gasteiger partial charge in [0.25, 0.3) is 17.7 Å². The maximum Gasteiger partial charge on any atom is 0.262 e. The van der Waals surface area contributed by atoms with Crippen LogP contribution in [-0.4, -0.2) is 91.5 Å². The van der Waals surface area contributed by atoms with E-state index in [2.05, 4.69) is 14.5 Å². The molecule has 20 nitrogen and oxygen atoms in total. The standard InChI is InChI=1S/2C20H21FN4O2S.C15H9F3N2O3S.C15H11F2NO2S/c1-10-16-17(26)12-8-13(21)15(24-6-4-23-5-7-24)9-14(12)25(11-2-3-11)20(16)28-18(10)19(22)27;1-9-16-17(26)12-6-13(21)15(24-5-4-10(22)8-24)7-14(12)25(11-2-3-11)20(16)28-18(9)19(23)27;16-6-3-5-10(9(18)8(6)17)20(4-1-2-4)15-7(11(5)21)12(22)13(24-15)14(19)23;1-6-13(19)12-14(20)8-4-9(16)10(17)5-11(8)18(7-2-3-7)15(12)21-6/h8-9,11,23H,2-7H2,1H3,(H2,22,27);6-7,10-11H,2-5,8,22H2,1H3,(H2,23,27);3-4,22H,1-2H2,(H2,19,23);4-5,7,19H,2-3H2,1H3. The second kappa shape index (κ2) is 25.0. The number of primary amides is 3. The van der Waals surface area contributed by atoms with Gasteiger partial charge >= 0.3 is 0 Å². The van der Waals surface area contributed by atoms with Crippen molar-refractivity contribution >= 4 is 159 Å². The summed E-state index contributed by atoms with van der Waals surface area (Å²) >= 11 is 4.57. The van der Waals surface area contributed by atoms with Crippen molar-refractivity contribution in [1.29, 1.82) is 0 Å². The number of nitrogens with zero attached hydrogens (tertiary/aromatic N) is 6. The molecule has 4 aromatic carbocycles. The van der Waals surface area contributed by atoms with Gasteiger partial charge < -0.3 is 66.5 Å². The molecule has 6 aliphatic rings. The van der Waals surface area contributed by atoms with Gasteiger partial charge in [-0.3, -0.25) is 33.6 Å². The Labute approximate surface area is 581 Å². The lowest BCUT2D eigenvalue weighted by molar-refractivity contribution is 0.0993. The fourth-order valence-electron chi connectivity index (χ4n) is 14.1. The Hall–Kier alpha value is -9.40. The van der Waals surface area contributed by atoms with Crippen LogP contribution in [0, 0.1) is 61.5 Å². The SMILES string of the molecule is Cc1c(C(N)=O)sc2c1c(=O)c1cc(F)c(N3CCC(N)C3)cc1n2C1CC1.Cc1c(C(N)=O)sc2c1c(=O)c1cc(F)c(N3CCNCC3)cc1n2C1CC1.Cc1sc2c(c1O)c(=O)c1cc(F)c(F)cc1n2C1CC1.NC(=O)c1sc2c(c1O)c(=O)c1cc(F)c(F)c(F)c1n2C1CC1. The average molecular weight is 1460 g/mol. The Balaban J connectivity index is 0.000000110. The van der Waals surface area contributed by atoms with Crippen LogP contribution in [0.3, 0.4) is 0 Å². The van der Waals surface area contributed by atoms with E-state index in [9.17, 15) is 74.5 Å². The number of pyridine rings is 4. The molecule has 10 heterocycles. The van der Waals surface area contributed by atoms with Gasteiger partial charge in [0.05, 0.1) is 64.7 Å². The van der Waals surface area contributed by atoms with Gasteiger partial charge in [-0.15, -0.1) is 45.3 Å². The Morgan fingerprint density at radius 1 is 0.446 bits per heavy atom. The van der Waals surface area contributed by atoms with E-state index in [0.29, 0.717) is 107 Å². The molecule has 8 aromatic heterocycles. The lowest BCUT2D eigenvalue weighted by Gasteiger charge is -2.30. The van der Waals surface area contributed by atoms with Crippen molar-refractivity contribution in [2.45, 2.75) is 109 Å². The molecule has 6 fully saturated rings. The average Bonchev–Trinajstić information content (AvgIpc) is 1.59. The number of hydrogen-bond donors (Lipinski definition) is 7. The van der Waals surface area contributed by atoms with Crippen molar-refractivity contribution in [3.8, 4) is 11.5 Å². The highest BCUT2D eigenvalue weighted by Gasteiger charge is 2.37. The molecular formula is C70H62F7N11O9S4. The second-order valence-electron chi connectivity index (χ2n) is 26.5. The van der Waals surface area contributed by atoms with E-state index in [0.717, 1.165) is 110 Å². The van der Waals surface area contributed by atoms with Crippen LogP contribution < -0.4 is 59.8 Å². The van der Waals surface area contributed by atoms with E-state index in [1.165, 1.54) is 50.7 Å². The highest BCUT2D eigenvalue weighted by Crippen LogP contribution is 2.49. The number of halogens is 7. The lowest BCUT2D eigenvalue weighted by Crippen LogP contribution is -2.43. The molecule has 101 heavy (non-hydrogen) atoms. The fourth-order valence-corrected chi connectivity index (χ4v) is 18.8. The molecule has 11 N–H and O–H groups in total. The molecule has 12 aromatic rings. The largest absolute Gasteiger partial charge is 0.506 e. The van der Waals surface area contributed by atoms with E-state index in [-0.39, 0.29) is 84.0 Å². The number of nitrogens with one attached hydrogen (secondary N) is 1. The molecule has 4 aliphatic carbocycles. The summed E-state index contributed by atoms with van der Waals surface area (Å²) in [5, 5.41) is 24.9. The third kappa shape index (κ3) is 11.2. The topological polar surface area (TPSA) is 302 Å². The maximum atomic E-state index is 15.0. The van der Waals surface area contributed by atoms with Gasteiger partial charge in [0, 0.05) is 96.6 Å². The summed E-state index contributed by atoms with van der Waals surface area (Å²) in [7, 11) is 0. The van der Waals surface area contributed by atoms with Crippen molar-refractivity contribution in [3.05, 3.63) is 155 Å². The smallest absolute Gasteiger partial charge is 0.262 e. The van der Waals surface area contributed by atoms with E-state index in [1.54, 1.807) is 26.8 Å². The van der Waals surface area contributed by atoms with Crippen LogP contribution in [0.1, 0.15) is 127 Å². The van der Waals surface area contributed by atoms with Crippen LogP contribution in [0.25, 0.3) is 84.5 Å². The Bertz CT molecular complexity index is 5740. The van der Waals surface area contributed by atoms with Crippen LogP contribution in [0.2, 0.25) is 0 Å². The van der Waals surface area contributed by atoms with Crippen molar-refractivity contribution in [2.24, 2.45) is 22.9 Å². The molecule has 18 rings (SSSR count). The van der Waals surface area contributed by atoms with Gasteiger partial charge in [0.1, 0.15) is 47.0 Å². The van der Waals surface area contributed by atoms with Crippen molar-refractivity contribution in [2.75, 3.05) is 49.1 Å². The molecule has 1 atom stereocenters. The summed E-state index contributed by atoms with van der Waals surface area (Å²) in [6, 6.07) is 9.42. The number of aryl methyl sites for hydroxylation is 3. The first-order chi connectivity index (χ1) is 48.1. The third-order valence-corrected chi connectivity index (χ3v) is 24.5. The summed E-state index contributed by atoms with van der Waals surface area (Å²) in [5.74, 6) is -10.1. The number of amides is 3. The Kier molecular flexibility index (Phi) is 16.7. The molecule has 1 unspecified atom stereocenters. The quantitative estimate of drug-likeness (QED) is 0.0523. The van der Waals surface area contributed by atoms with E-state index < -0.39 is 74.6 Å². The highest BCUT2D eigenvalue weighted by molar-refractivity contribution is 7.21. The summed E-state index contributed by atoms with van der Waals surface area (Å²) in [6.07, 6.45) is 8.00. The lowest BCUT2D eigenvalue weighted by atomic mass is 10.1. The number of piperazine rings is 1. The zero-order chi connectivity index (χ0) is 71.5. The van der Waals surface area contributed by atoms with Crippen molar-refractivity contribution < 1.29 is 55.3 Å². The van der Waals surface area contributed by atoms with Crippen LogP contribution in [0.15, 0.2) is 61.6 Å². The minimum Gasteiger partial charge on any atom is -0.506 e. The first-order valence-corrected chi connectivity index (χ1v) is 35.9. The number of carbonyl (C=O) groups excluding carboxylic acids is 3. The van der Waals surface area contributed by atoms with Crippen LogP contribution >= 0.6 is 45.3 Å². The predicted molar refractivity (Wildman–Crippen MR) is 380 cm³/mol. The van der Waals surface area contributed by atoms with E-state index >= 15 is 0 Å². The van der Waals surface area contributed by atoms with Gasteiger partial charge in [-0.05, 0) is 126 Å². The molecular weight excluding hydrogens is 1400 g/mol. The van der Waals surface area contributed by atoms with Gasteiger partial charge in [-0.2, -0.15) is 0 Å². The Morgan fingerprint density at radius 3 is 1.30 bits per heavy atom. The number of aromatic hydroxyl groups is 2.